The molecule has 0 unspecified atom stereocenters. The fraction of sp³-hybridized carbons (Fsp3) is 0.355. The number of aliphatic hydroxyl groups excluding tert-OH is 1. The summed E-state index contributed by atoms with van der Waals surface area (Å²) >= 11 is 0. The Balaban J connectivity index is 1.67. The number of ether oxygens (including phenoxy) is 2. The van der Waals surface area contributed by atoms with Crippen molar-refractivity contribution >= 4 is 33.3 Å². The van der Waals surface area contributed by atoms with Crippen LogP contribution < -0.4 is 20.1 Å². The Kier molecular flexibility index (Phi) is 9.95. The largest absolute Gasteiger partial charge is 0.497 e. The number of methoxy groups -OCH3 is 1. The number of para-hydroxylation sites is 1. The van der Waals surface area contributed by atoms with Crippen LogP contribution in [0.5, 0.6) is 11.5 Å². The van der Waals surface area contributed by atoms with Crippen LogP contribution in [0.15, 0.2) is 71.6 Å². The predicted octanol–water partition coefficient (Wildman–Crippen LogP) is 4.19. The second kappa shape index (κ2) is 13.4. The number of anilines is 2. The van der Waals surface area contributed by atoms with Crippen molar-refractivity contribution in [3.8, 4) is 11.5 Å². The molecule has 0 bridgehead atoms. The zero-order valence-electron chi connectivity index (χ0n) is 24.9. The first kappa shape index (κ1) is 31.8. The number of benzene rings is 3. The number of urea groups is 1. The number of rotatable bonds is 9. The molecule has 3 N–H and O–H groups in total. The number of likely N-dealkylation sites (N-methyl/N-ethyl adjacent to an activating group) is 1. The molecule has 43 heavy (non-hydrogen) atoms. The van der Waals surface area contributed by atoms with Gasteiger partial charge in [0.1, 0.15) is 11.9 Å². The topological polar surface area (TPSA) is 138 Å². The molecule has 0 aromatic heterocycles. The molecule has 12 heteroatoms. The third-order valence-corrected chi connectivity index (χ3v) is 9.29. The SMILES string of the molecule is COc1ccc(NC(=O)Nc2cccc3c2O[C@H](CN(C)S(=O)(=O)c2ccc(C)cc2)[C@@H](C)CN([C@@H](C)CO)C3=O)cc1. The van der Waals surface area contributed by atoms with Gasteiger partial charge in [0.15, 0.2) is 5.75 Å². The van der Waals surface area contributed by atoms with Gasteiger partial charge in [0.05, 0.1) is 42.4 Å². The number of hydrogen-bond acceptors (Lipinski definition) is 7. The molecule has 3 amide bonds. The van der Waals surface area contributed by atoms with Gasteiger partial charge in [-0.3, -0.25) is 4.79 Å². The van der Waals surface area contributed by atoms with Crippen LogP contribution in [0.2, 0.25) is 0 Å². The summed E-state index contributed by atoms with van der Waals surface area (Å²) in [6.07, 6.45) is -0.710. The highest BCUT2D eigenvalue weighted by molar-refractivity contribution is 7.89. The molecule has 4 rings (SSSR count). The van der Waals surface area contributed by atoms with Gasteiger partial charge < -0.3 is 30.1 Å². The number of aryl methyl sites for hydroxylation is 1. The van der Waals surface area contributed by atoms with E-state index in [0.29, 0.717) is 11.4 Å². The monoisotopic (exact) mass is 610 g/mol. The number of fused-ring (bicyclic) bond motifs is 1. The van der Waals surface area contributed by atoms with Gasteiger partial charge in [-0.1, -0.05) is 30.7 Å². The van der Waals surface area contributed by atoms with Crippen LogP contribution in [0.4, 0.5) is 16.2 Å². The van der Waals surface area contributed by atoms with E-state index in [1.807, 2.05) is 13.8 Å². The molecule has 0 saturated carbocycles. The van der Waals surface area contributed by atoms with Crippen molar-refractivity contribution < 1.29 is 32.6 Å². The highest BCUT2D eigenvalue weighted by Gasteiger charge is 2.36. The maximum atomic E-state index is 13.7. The molecule has 11 nitrogen and oxygen atoms in total. The van der Waals surface area contributed by atoms with Gasteiger partial charge in [-0.2, -0.15) is 4.31 Å². The van der Waals surface area contributed by atoms with E-state index in [1.165, 1.54) is 11.4 Å². The average molecular weight is 611 g/mol. The molecule has 3 atom stereocenters. The molecule has 0 radical (unpaired) electrons. The minimum atomic E-state index is -3.85. The van der Waals surface area contributed by atoms with Crippen molar-refractivity contribution in [3.63, 3.8) is 0 Å². The van der Waals surface area contributed by atoms with Crippen LogP contribution >= 0.6 is 0 Å². The molecule has 1 aliphatic heterocycles. The Labute approximate surface area is 252 Å². The van der Waals surface area contributed by atoms with Crippen molar-refractivity contribution in [3.05, 3.63) is 77.9 Å². The van der Waals surface area contributed by atoms with Crippen molar-refractivity contribution in [2.24, 2.45) is 5.92 Å². The molecule has 230 valence electrons. The lowest BCUT2D eigenvalue weighted by Gasteiger charge is -2.38. The molecular formula is C31H38N4O7S. The number of amides is 3. The van der Waals surface area contributed by atoms with Gasteiger partial charge >= 0.3 is 6.03 Å². The van der Waals surface area contributed by atoms with Gasteiger partial charge in [-0.15, -0.1) is 0 Å². The summed E-state index contributed by atoms with van der Waals surface area (Å²) in [6, 6.07) is 17.1. The van der Waals surface area contributed by atoms with Crippen LogP contribution in [-0.2, 0) is 10.0 Å². The van der Waals surface area contributed by atoms with Crippen LogP contribution in [0.3, 0.4) is 0 Å². The smallest absolute Gasteiger partial charge is 0.323 e. The van der Waals surface area contributed by atoms with Gasteiger partial charge in [0.25, 0.3) is 5.91 Å². The lowest BCUT2D eigenvalue weighted by molar-refractivity contribution is 0.0389. The number of aliphatic hydroxyl groups is 1. The number of hydrogen-bond donors (Lipinski definition) is 3. The summed E-state index contributed by atoms with van der Waals surface area (Å²) < 4.78 is 39.7. The number of carbonyl (C=O) groups excluding carboxylic acids is 2. The third-order valence-electron chi connectivity index (χ3n) is 7.45. The minimum Gasteiger partial charge on any atom is -0.497 e. The van der Waals surface area contributed by atoms with E-state index in [4.69, 9.17) is 9.47 Å². The molecule has 0 aliphatic carbocycles. The predicted molar refractivity (Wildman–Crippen MR) is 164 cm³/mol. The second-order valence-corrected chi connectivity index (χ2v) is 12.8. The van der Waals surface area contributed by atoms with E-state index >= 15 is 0 Å². The Bertz CT molecular complexity index is 1550. The first-order valence-corrected chi connectivity index (χ1v) is 15.3. The maximum absolute atomic E-state index is 13.7. The van der Waals surface area contributed by atoms with Gasteiger partial charge in [-0.25, -0.2) is 13.2 Å². The van der Waals surface area contributed by atoms with Crippen molar-refractivity contribution in [2.45, 2.75) is 37.8 Å². The molecule has 0 fully saturated rings. The molecule has 3 aromatic rings. The average Bonchev–Trinajstić information content (AvgIpc) is 2.99. The molecule has 3 aromatic carbocycles. The number of nitrogens with zero attached hydrogens (tertiary/aromatic N) is 2. The maximum Gasteiger partial charge on any atom is 0.323 e. The Hall–Kier alpha value is -4.13. The first-order valence-electron chi connectivity index (χ1n) is 13.9. The van der Waals surface area contributed by atoms with Gasteiger partial charge in [-0.05, 0) is 62.4 Å². The summed E-state index contributed by atoms with van der Waals surface area (Å²) in [5, 5.41) is 15.4. The Morgan fingerprint density at radius 2 is 1.79 bits per heavy atom. The zero-order valence-corrected chi connectivity index (χ0v) is 25.7. The fourth-order valence-corrected chi connectivity index (χ4v) is 5.94. The summed E-state index contributed by atoms with van der Waals surface area (Å²) in [4.78, 5) is 28.4. The van der Waals surface area contributed by atoms with Crippen LogP contribution in [0.25, 0.3) is 0 Å². The Morgan fingerprint density at radius 3 is 2.42 bits per heavy atom. The van der Waals surface area contributed by atoms with E-state index in [2.05, 4.69) is 10.6 Å². The minimum absolute atomic E-state index is 0.0290. The zero-order chi connectivity index (χ0) is 31.3. The van der Waals surface area contributed by atoms with Crippen LogP contribution in [0.1, 0.15) is 29.8 Å². The summed E-state index contributed by atoms with van der Waals surface area (Å²) in [6.45, 7) is 5.41. The highest BCUT2D eigenvalue weighted by Crippen LogP contribution is 2.35. The van der Waals surface area contributed by atoms with Crippen LogP contribution in [0, 0.1) is 12.8 Å². The number of sulfonamides is 1. The highest BCUT2D eigenvalue weighted by atomic mass is 32.2. The normalized spacial score (nSPS) is 17.7. The van der Waals surface area contributed by atoms with Crippen LogP contribution in [-0.4, -0.2) is 80.7 Å². The number of nitrogens with one attached hydrogen (secondary N) is 2. The molecule has 1 heterocycles. The van der Waals surface area contributed by atoms with E-state index in [9.17, 15) is 23.1 Å². The lowest BCUT2D eigenvalue weighted by Crippen LogP contribution is -2.50. The van der Waals surface area contributed by atoms with E-state index in [0.717, 1.165) is 5.56 Å². The Morgan fingerprint density at radius 1 is 1.12 bits per heavy atom. The van der Waals surface area contributed by atoms with E-state index < -0.39 is 28.2 Å². The third kappa shape index (κ3) is 7.27. The molecule has 1 aliphatic rings. The molecular weight excluding hydrogens is 572 g/mol. The number of carbonyl (C=O) groups is 2. The molecule has 0 spiro atoms. The fourth-order valence-electron chi connectivity index (χ4n) is 4.76. The molecule has 0 saturated heterocycles. The van der Waals surface area contributed by atoms with E-state index in [-0.39, 0.29) is 53.4 Å². The van der Waals surface area contributed by atoms with Gasteiger partial charge in [0, 0.05) is 25.2 Å². The first-order chi connectivity index (χ1) is 20.4. The van der Waals surface area contributed by atoms with E-state index in [1.54, 1.807) is 85.7 Å². The summed E-state index contributed by atoms with van der Waals surface area (Å²) in [5.74, 6) is 0.0355. The van der Waals surface area contributed by atoms with Gasteiger partial charge in [0.2, 0.25) is 10.0 Å². The van der Waals surface area contributed by atoms with Crippen molar-refractivity contribution in [1.29, 1.82) is 0 Å². The van der Waals surface area contributed by atoms with Crippen molar-refractivity contribution in [1.82, 2.24) is 9.21 Å². The summed E-state index contributed by atoms with van der Waals surface area (Å²) in [7, 11) is -0.816. The second-order valence-electron chi connectivity index (χ2n) is 10.7. The quantitative estimate of drug-likeness (QED) is 0.330. The summed E-state index contributed by atoms with van der Waals surface area (Å²) in [5.41, 5.74) is 1.88. The standard InChI is InChI=1S/C31H38N4O7S/c1-20-9-15-25(16-10-20)43(39,40)34(4)18-28-21(2)17-35(22(3)19-36)30(37)26-7-6-8-27(29(26)42-28)33-31(38)32-23-11-13-24(41-5)14-12-23/h6-16,21-22,28,36H,17-19H2,1-5H3,(H2,32,33,38)/t21-,22-,28+/m0/s1. The lowest BCUT2D eigenvalue weighted by atomic mass is 9.99. The van der Waals surface area contributed by atoms with Crippen molar-refractivity contribution in [2.75, 3.05) is 44.5 Å².